The van der Waals surface area contributed by atoms with Crippen LogP contribution in [0.15, 0.2) is 35.5 Å². The van der Waals surface area contributed by atoms with Crippen molar-refractivity contribution in [1.82, 2.24) is 20.1 Å². The Kier molecular flexibility index (Phi) is 6.36. The highest BCUT2D eigenvalue weighted by Gasteiger charge is 2.14. The number of thioether (sulfide) groups is 1. The van der Waals surface area contributed by atoms with E-state index < -0.39 is 0 Å². The Morgan fingerprint density at radius 1 is 1.29 bits per heavy atom. The van der Waals surface area contributed by atoms with Crippen LogP contribution < -0.4 is 11.1 Å². The molecule has 7 nitrogen and oxygen atoms in total. The summed E-state index contributed by atoms with van der Waals surface area (Å²) in [5.74, 6) is 0.479. The zero-order valence-electron chi connectivity index (χ0n) is 13.7. The molecule has 1 atom stereocenters. The number of rotatable bonds is 8. The highest BCUT2D eigenvalue weighted by atomic mass is 32.2. The number of carbonyl (C=O) groups excluding carboxylic acids is 2. The van der Waals surface area contributed by atoms with Gasteiger partial charge in [-0.1, -0.05) is 42.1 Å². The third-order valence-electron chi connectivity index (χ3n) is 3.53. The fourth-order valence-electron chi connectivity index (χ4n) is 2.16. The zero-order valence-corrected chi connectivity index (χ0v) is 14.5. The van der Waals surface area contributed by atoms with E-state index >= 15 is 0 Å². The molecule has 0 aliphatic rings. The molecule has 24 heavy (non-hydrogen) atoms. The lowest BCUT2D eigenvalue weighted by Crippen LogP contribution is -2.28. The lowest BCUT2D eigenvalue weighted by atomic mass is 10.1. The van der Waals surface area contributed by atoms with Crippen molar-refractivity contribution < 1.29 is 9.59 Å². The van der Waals surface area contributed by atoms with Crippen molar-refractivity contribution in [3.63, 3.8) is 0 Å². The number of benzene rings is 1. The van der Waals surface area contributed by atoms with Crippen LogP contribution in [0, 0.1) is 0 Å². The van der Waals surface area contributed by atoms with Gasteiger partial charge >= 0.3 is 0 Å². The third-order valence-corrected chi connectivity index (χ3v) is 4.55. The second-order valence-corrected chi connectivity index (χ2v) is 6.36. The summed E-state index contributed by atoms with van der Waals surface area (Å²) >= 11 is 1.31. The molecular weight excluding hydrogens is 326 g/mol. The molecular formula is C16H21N5O2S. The fourth-order valence-corrected chi connectivity index (χ4v) is 2.90. The Labute approximate surface area is 145 Å². The van der Waals surface area contributed by atoms with E-state index in [1.165, 1.54) is 11.8 Å². The lowest BCUT2D eigenvalue weighted by Gasteiger charge is -2.13. The van der Waals surface area contributed by atoms with E-state index in [4.69, 9.17) is 5.73 Å². The predicted molar refractivity (Wildman–Crippen MR) is 92.2 cm³/mol. The van der Waals surface area contributed by atoms with Crippen molar-refractivity contribution in [3.8, 4) is 0 Å². The summed E-state index contributed by atoms with van der Waals surface area (Å²) in [6.07, 6.45) is 0.669. The molecule has 2 aromatic rings. The van der Waals surface area contributed by atoms with Gasteiger partial charge in [0.15, 0.2) is 5.16 Å². The summed E-state index contributed by atoms with van der Waals surface area (Å²) in [6.45, 7) is 1.95. The molecule has 3 N–H and O–H groups in total. The minimum atomic E-state index is -0.374. The molecule has 1 aromatic heterocycles. The Bertz CT molecular complexity index is 702. The molecule has 0 aliphatic carbocycles. The van der Waals surface area contributed by atoms with Crippen molar-refractivity contribution in [3.05, 3.63) is 41.7 Å². The molecule has 0 saturated heterocycles. The third kappa shape index (κ3) is 5.09. The Morgan fingerprint density at radius 3 is 2.67 bits per heavy atom. The van der Waals surface area contributed by atoms with E-state index in [0.717, 1.165) is 5.56 Å². The number of aromatic nitrogens is 3. The molecule has 0 spiro atoms. The average Bonchev–Trinajstić information content (AvgIpc) is 2.92. The Hall–Kier alpha value is -2.35. The molecule has 0 saturated carbocycles. The number of nitrogens with zero attached hydrogens (tertiary/aromatic N) is 3. The molecule has 2 amide bonds. The lowest BCUT2D eigenvalue weighted by molar-refractivity contribution is -0.119. The van der Waals surface area contributed by atoms with E-state index in [-0.39, 0.29) is 30.0 Å². The van der Waals surface area contributed by atoms with Crippen LogP contribution in [0.1, 0.15) is 30.8 Å². The molecule has 1 aromatic carbocycles. The van der Waals surface area contributed by atoms with Gasteiger partial charge in [0, 0.05) is 19.9 Å². The first-order chi connectivity index (χ1) is 11.5. The molecule has 8 heteroatoms. The number of hydrogen-bond donors (Lipinski definition) is 2. The number of aryl methyl sites for hydroxylation is 1. The highest BCUT2D eigenvalue weighted by molar-refractivity contribution is 7.99. The summed E-state index contributed by atoms with van der Waals surface area (Å²) in [4.78, 5) is 22.9. The van der Waals surface area contributed by atoms with E-state index in [0.29, 0.717) is 17.4 Å². The van der Waals surface area contributed by atoms with Gasteiger partial charge < -0.3 is 15.6 Å². The van der Waals surface area contributed by atoms with Crippen LogP contribution in [0.5, 0.6) is 0 Å². The van der Waals surface area contributed by atoms with Gasteiger partial charge in [-0.25, -0.2) is 0 Å². The molecule has 0 unspecified atom stereocenters. The van der Waals surface area contributed by atoms with E-state index in [2.05, 4.69) is 15.5 Å². The number of carbonyl (C=O) groups is 2. The Morgan fingerprint density at radius 2 is 2.00 bits per heavy atom. The van der Waals surface area contributed by atoms with Crippen LogP contribution >= 0.6 is 11.8 Å². The molecule has 128 valence electrons. The summed E-state index contributed by atoms with van der Waals surface area (Å²) in [5.41, 5.74) is 6.19. The van der Waals surface area contributed by atoms with Gasteiger partial charge in [-0.3, -0.25) is 9.59 Å². The standard InChI is InChI=1S/C16H21N5O2S/c1-11(12-6-4-3-5-7-12)18-15(23)10-24-16-20-19-14(21(16)2)9-8-13(17)22/h3-7,11H,8-10H2,1-2H3,(H2,17,22)(H,18,23)/t11-/m0/s1. The molecule has 0 bridgehead atoms. The molecule has 1 heterocycles. The summed E-state index contributed by atoms with van der Waals surface area (Å²) in [6, 6.07) is 9.74. The van der Waals surface area contributed by atoms with E-state index in [9.17, 15) is 9.59 Å². The smallest absolute Gasteiger partial charge is 0.230 e. The van der Waals surface area contributed by atoms with Crippen molar-refractivity contribution >= 4 is 23.6 Å². The van der Waals surface area contributed by atoms with Crippen LogP contribution in [0.3, 0.4) is 0 Å². The second kappa shape index (κ2) is 8.49. The van der Waals surface area contributed by atoms with Gasteiger partial charge in [-0.2, -0.15) is 0 Å². The summed E-state index contributed by atoms with van der Waals surface area (Å²) in [7, 11) is 1.81. The van der Waals surface area contributed by atoms with E-state index in [1.807, 2.05) is 44.3 Å². The van der Waals surface area contributed by atoms with Gasteiger partial charge in [-0.15, -0.1) is 10.2 Å². The minimum absolute atomic E-state index is 0.0510. The number of nitrogens with one attached hydrogen (secondary N) is 1. The van der Waals surface area contributed by atoms with Crippen molar-refractivity contribution in [1.29, 1.82) is 0 Å². The SMILES string of the molecule is C[C@H](NC(=O)CSc1nnc(CCC(N)=O)n1C)c1ccccc1. The fraction of sp³-hybridized carbons (Fsp3) is 0.375. The highest BCUT2D eigenvalue weighted by Crippen LogP contribution is 2.17. The van der Waals surface area contributed by atoms with Crippen molar-refractivity contribution in [2.45, 2.75) is 31.0 Å². The summed E-state index contributed by atoms with van der Waals surface area (Å²) in [5, 5.41) is 11.7. The first kappa shape index (κ1) is 18.0. The Balaban J connectivity index is 1.84. The van der Waals surface area contributed by atoms with Crippen molar-refractivity contribution in [2.24, 2.45) is 12.8 Å². The van der Waals surface area contributed by atoms with Gasteiger partial charge in [0.1, 0.15) is 5.82 Å². The van der Waals surface area contributed by atoms with Crippen LogP contribution in [-0.2, 0) is 23.1 Å². The number of amides is 2. The van der Waals surface area contributed by atoms with E-state index in [1.54, 1.807) is 4.57 Å². The van der Waals surface area contributed by atoms with Gasteiger partial charge in [-0.05, 0) is 12.5 Å². The first-order valence-corrected chi connectivity index (χ1v) is 8.59. The minimum Gasteiger partial charge on any atom is -0.370 e. The van der Waals surface area contributed by atoms with Gasteiger partial charge in [0.25, 0.3) is 0 Å². The monoisotopic (exact) mass is 347 g/mol. The number of primary amides is 1. The van der Waals surface area contributed by atoms with Crippen LogP contribution in [-0.4, -0.2) is 32.3 Å². The van der Waals surface area contributed by atoms with Crippen molar-refractivity contribution in [2.75, 3.05) is 5.75 Å². The predicted octanol–water partition coefficient (Wildman–Crippen LogP) is 1.20. The number of nitrogens with two attached hydrogens (primary N) is 1. The molecule has 2 rings (SSSR count). The maximum absolute atomic E-state index is 12.1. The topological polar surface area (TPSA) is 103 Å². The molecule has 0 aliphatic heterocycles. The molecule has 0 radical (unpaired) electrons. The maximum Gasteiger partial charge on any atom is 0.230 e. The van der Waals surface area contributed by atoms with Crippen LogP contribution in [0.4, 0.5) is 0 Å². The average molecular weight is 347 g/mol. The second-order valence-electron chi connectivity index (χ2n) is 5.41. The first-order valence-electron chi connectivity index (χ1n) is 7.61. The maximum atomic E-state index is 12.1. The van der Waals surface area contributed by atoms with Gasteiger partial charge in [0.2, 0.25) is 11.8 Å². The zero-order chi connectivity index (χ0) is 17.5. The molecule has 0 fully saturated rings. The largest absolute Gasteiger partial charge is 0.370 e. The van der Waals surface area contributed by atoms with Crippen LogP contribution in [0.2, 0.25) is 0 Å². The quantitative estimate of drug-likeness (QED) is 0.699. The number of hydrogen-bond acceptors (Lipinski definition) is 5. The summed E-state index contributed by atoms with van der Waals surface area (Å²) < 4.78 is 1.78. The normalized spacial score (nSPS) is 11.9. The van der Waals surface area contributed by atoms with Gasteiger partial charge in [0.05, 0.1) is 11.8 Å². The van der Waals surface area contributed by atoms with Crippen LogP contribution in [0.25, 0.3) is 0 Å².